The molecule has 0 amide bonds. The van der Waals surface area contributed by atoms with E-state index in [1.54, 1.807) is 6.20 Å². The highest BCUT2D eigenvalue weighted by molar-refractivity contribution is 5.98. The Balaban J connectivity index is 1.16. The summed E-state index contributed by atoms with van der Waals surface area (Å²) < 4.78 is 0. The van der Waals surface area contributed by atoms with Gasteiger partial charge in [-0.05, 0) is 79.5 Å². The average molecular weight is 628 g/mol. The van der Waals surface area contributed by atoms with Gasteiger partial charge in [-0.15, -0.1) is 0 Å². The van der Waals surface area contributed by atoms with Crippen LogP contribution in [0.3, 0.4) is 0 Å². The quantitative estimate of drug-likeness (QED) is 0.191. The van der Waals surface area contributed by atoms with Gasteiger partial charge in [-0.25, -0.2) is 9.97 Å². The minimum Gasteiger partial charge on any atom is -0.264 e. The Morgan fingerprint density at radius 2 is 1.04 bits per heavy atom. The van der Waals surface area contributed by atoms with Crippen LogP contribution in [0.5, 0.6) is 0 Å². The van der Waals surface area contributed by atoms with Crippen molar-refractivity contribution in [3.63, 3.8) is 0 Å². The summed E-state index contributed by atoms with van der Waals surface area (Å²) in [5, 5.41) is 2.52. The summed E-state index contributed by atoms with van der Waals surface area (Å²) in [4.78, 5) is 14.6. The van der Waals surface area contributed by atoms with Crippen molar-refractivity contribution >= 4 is 10.8 Å². The number of nitrogens with zero attached hydrogens (tertiary/aromatic N) is 3. The molecular formula is C46H33N3. The van der Waals surface area contributed by atoms with Gasteiger partial charge in [-0.1, -0.05) is 141 Å². The van der Waals surface area contributed by atoms with Gasteiger partial charge in [0, 0.05) is 34.5 Å². The van der Waals surface area contributed by atoms with E-state index in [0.29, 0.717) is 0 Å². The van der Waals surface area contributed by atoms with Gasteiger partial charge in [-0.3, -0.25) is 4.98 Å². The third kappa shape index (κ3) is 5.03. The maximum Gasteiger partial charge on any atom is 0.160 e. The maximum absolute atomic E-state index is 5.24. The van der Waals surface area contributed by atoms with E-state index in [0.717, 1.165) is 50.6 Å². The van der Waals surface area contributed by atoms with Crippen molar-refractivity contribution < 1.29 is 0 Å². The van der Waals surface area contributed by atoms with Crippen LogP contribution in [0.1, 0.15) is 25.0 Å². The molecule has 0 fully saturated rings. The molecule has 3 nitrogen and oxygen atoms in total. The summed E-state index contributed by atoms with van der Waals surface area (Å²) in [6.07, 6.45) is 3.70. The molecule has 1 aliphatic rings. The van der Waals surface area contributed by atoms with Gasteiger partial charge in [0.25, 0.3) is 0 Å². The zero-order valence-electron chi connectivity index (χ0n) is 27.4. The van der Waals surface area contributed by atoms with Gasteiger partial charge >= 0.3 is 0 Å². The van der Waals surface area contributed by atoms with Crippen molar-refractivity contribution in [1.82, 2.24) is 15.0 Å². The molecule has 3 heteroatoms. The molecule has 232 valence electrons. The van der Waals surface area contributed by atoms with Gasteiger partial charge in [-0.2, -0.15) is 0 Å². The molecule has 2 aromatic heterocycles. The first-order chi connectivity index (χ1) is 24.0. The first-order valence-corrected chi connectivity index (χ1v) is 16.8. The Morgan fingerprint density at radius 1 is 0.429 bits per heavy atom. The van der Waals surface area contributed by atoms with Crippen LogP contribution in [0.4, 0.5) is 0 Å². The minimum atomic E-state index is -0.130. The average Bonchev–Trinajstić information content (AvgIpc) is 3.39. The second-order valence-electron chi connectivity index (χ2n) is 13.3. The van der Waals surface area contributed by atoms with E-state index in [4.69, 9.17) is 9.97 Å². The molecule has 0 saturated carbocycles. The number of rotatable bonds is 5. The first kappa shape index (κ1) is 29.0. The molecule has 0 saturated heterocycles. The zero-order valence-corrected chi connectivity index (χ0v) is 27.4. The van der Waals surface area contributed by atoms with Crippen molar-refractivity contribution in [2.45, 2.75) is 19.3 Å². The number of benzene rings is 6. The molecule has 0 spiro atoms. The van der Waals surface area contributed by atoms with Gasteiger partial charge in [0.05, 0.1) is 11.4 Å². The van der Waals surface area contributed by atoms with Crippen molar-refractivity contribution in [2.24, 2.45) is 0 Å². The van der Waals surface area contributed by atoms with Gasteiger partial charge in [0.2, 0.25) is 0 Å². The Morgan fingerprint density at radius 3 is 1.73 bits per heavy atom. The maximum atomic E-state index is 5.24. The second kappa shape index (κ2) is 11.5. The molecule has 0 unspecified atom stereocenters. The molecule has 0 N–H and O–H groups in total. The van der Waals surface area contributed by atoms with Crippen LogP contribution in [0.15, 0.2) is 164 Å². The van der Waals surface area contributed by atoms with Gasteiger partial charge in [0.1, 0.15) is 0 Å². The lowest BCUT2D eigenvalue weighted by molar-refractivity contribution is 0.661. The van der Waals surface area contributed by atoms with Crippen LogP contribution in [0.2, 0.25) is 0 Å². The fourth-order valence-electron chi connectivity index (χ4n) is 7.36. The predicted molar refractivity (Wildman–Crippen MR) is 202 cm³/mol. The number of hydrogen-bond donors (Lipinski definition) is 0. The number of hydrogen-bond acceptors (Lipinski definition) is 3. The molecule has 0 bridgehead atoms. The lowest BCUT2D eigenvalue weighted by Gasteiger charge is -2.22. The molecule has 49 heavy (non-hydrogen) atoms. The van der Waals surface area contributed by atoms with Crippen LogP contribution in [0.25, 0.3) is 78.1 Å². The van der Waals surface area contributed by atoms with Crippen LogP contribution >= 0.6 is 0 Å². The zero-order chi connectivity index (χ0) is 33.0. The fraction of sp³-hybridized carbons (Fsp3) is 0.0652. The fourth-order valence-corrected chi connectivity index (χ4v) is 7.36. The summed E-state index contributed by atoms with van der Waals surface area (Å²) in [5.41, 5.74) is 14.7. The summed E-state index contributed by atoms with van der Waals surface area (Å²) >= 11 is 0. The predicted octanol–water partition coefficient (Wildman–Crippen LogP) is 11.7. The first-order valence-electron chi connectivity index (χ1n) is 16.8. The van der Waals surface area contributed by atoms with Crippen LogP contribution < -0.4 is 0 Å². The molecule has 1 aliphatic carbocycles. The highest BCUT2D eigenvalue weighted by Gasteiger charge is 2.37. The van der Waals surface area contributed by atoms with E-state index in [-0.39, 0.29) is 5.41 Å². The molecule has 0 radical (unpaired) electrons. The van der Waals surface area contributed by atoms with Crippen molar-refractivity contribution in [3.05, 3.63) is 175 Å². The van der Waals surface area contributed by atoms with Gasteiger partial charge < -0.3 is 0 Å². The largest absolute Gasteiger partial charge is 0.264 e. The van der Waals surface area contributed by atoms with E-state index >= 15 is 0 Å². The van der Waals surface area contributed by atoms with E-state index in [9.17, 15) is 0 Å². The van der Waals surface area contributed by atoms with Gasteiger partial charge in [0.15, 0.2) is 5.82 Å². The van der Waals surface area contributed by atoms with E-state index in [1.807, 2.05) is 30.5 Å². The molecule has 8 aromatic rings. The van der Waals surface area contributed by atoms with Crippen LogP contribution in [0, 0.1) is 0 Å². The smallest absolute Gasteiger partial charge is 0.160 e. The molecular weight excluding hydrogens is 595 g/mol. The number of fused-ring (bicyclic) bond motifs is 4. The lowest BCUT2D eigenvalue weighted by Crippen LogP contribution is -2.14. The highest BCUT2D eigenvalue weighted by Crippen LogP contribution is 2.53. The monoisotopic (exact) mass is 627 g/mol. The number of pyridine rings is 1. The molecule has 6 aromatic carbocycles. The normalized spacial score (nSPS) is 12.9. The molecule has 9 rings (SSSR count). The summed E-state index contributed by atoms with van der Waals surface area (Å²) in [7, 11) is 0. The van der Waals surface area contributed by atoms with E-state index < -0.39 is 0 Å². The third-order valence-corrected chi connectivity index (χ3v) is 9.99. The molecule has 2 heterocycles. The van der Waals surface area contributed by atoms with E-state index in [1.165, 1.54) is 38.6 Å². The van der Waals surface area contributed by atoms with Crippen molar-refractivity contribution in [2.75, 3.05) is 0 Å². The summed E-state index contributed by atoms with van der Waals surface area (Å²) in [5.74, 6) is 0.719. The Labute approximate surface area is 286 Å². The summed E-state index contributed by atoms with van der Waals surface area (Å²) in [6, 6.07) is 54.0. The molecule has 0 aliphatic heterocycles. The standard InChI is InChI=1S/C46H33N3/c1-46(2)40-16-8-15-38(44(40)39-26-35-12-6-7-13-36(35)27-41(39)46)43-28-42(48-45(49-43)34-10-4-3-5-11-34)33-23-21-31(22-24-33)30-17-19-32(20-18-30)37-14-9-25-47-29-37/h3-29H,1-2H3. The van der Waals surface area contributed by atoms with Crippen molar-refractivity contribution in [3.8, 4) is 67.3 Å². The molecule has 0 atom stereocenters. The highest BCUT2D eigenvalue weighted by atomic mass is 14.9. The Hall–Kier alpha value is -6.19. The van der Waals surface area contributed by atoms with Crippen LogP contribution in [-0.2, 0) is 5.41 Å². The van der Waals surface area contributed by atoms with Crippen LogP contribution in [-0.4, -0.2) is 15.0 Å². The minimum absolute atomic E-state index is 0.130. The Kier molecular flexibility index (Phi) is 6.80. The topological polar surface area (TPSA) is 38.7 Å². The Bertz CT molecular complexity index is 2480. The third-order valence-electron chi connectivity index (χ3n) is 9.99. The SMILES string of the molecule is CC1(C)c2cc3ccccc3cc2-c2c(-c3cc(-c4ccc(-c5ccc(-c6cccnc6)cc5)cc4)nc(-c4ccccc4)n3)cccc21. The second-order valence-corrected chi connectivity index (χ2v) is 13.3. The van der Waals surface area contributed by atoms with Crippen molar-refractivity contribution in [1.29, 1.82) is 0 Å². The lowest BCUT2D eigenvalue weighted by atomic mass is 9.81. The summed E-state index contributed by atoms with van der Waals surface area (Å²) in [6.45, 7) is 4.68. The van der Waals surface area contributed by atoms with E-state index in [2.05, 4.69) is 146 Å². The number of aromatic nitrogens is 3.